The number of aromatic nitrogens is 3. The highest BCUT2D eigenvalue weighted by Crippen LogP contribution is 2.62. The molecular weight excluding hydrogens is 611 g/mol. The molecule has 234 valence electrons. The summed E-state index contributed by atoms with van der Waals surface area (Å²) < 4.78 is 6.59. The summed E-state index contributed by atoms with van der Waals surface area (Å²) in [4.78, 5) is 15.1. The molecule has 7 aromatic carbocycles. The third-order valence-electron chi connectivity index (χ3n) is 10.0. The van der Waals surface area contributed by atoms with E-state index in [-0.39, 0.29) is 0 Å². The standard InChI is InChI=1S/C46H29N3O/c1-4-14-30(15-5-1)33-24-26-35-36-28-34(45-48-43(31-16-6-2-7-17-31)47-44(49-45)32-18-8-3-9-19-32)25-27-37(36)46(40(35)29-33)38-20-10-12-22-41(38)50-42-23-13-11-21-39(42)46/h1-29H. The van der Waals surface area contributed by atoms with E-state index in [0.29, 0.717) is 17.5 Å². The summed E-state index contributed by atoms with van der Waals surface area (Å²) in [6.45, 7) is 0. The van der Waals surface area contributed by atoms with Crippen molar-refractivity contribution in [3.05, 3.63) is 198 Å². The van der Waals surface area contributed by atoms with Crippen molar-refractivity contribution in [1.29, 1.82) is 0 Å². The molecule has 10 rings (SSSR count). The summed E-state index contributed by atoms with van der Waals surface area (Å²) in [7, 11) is 0. The van der Waals surface area contributed by atoms with Crippen molar-refractivity contribution >= 4 is 0 Å². The highest BCUT2D eigenvalue weighted by molar-refractivity contribution is 5.92. The Labute approximate surface area is 290 Å². The molecule has 0 unspecified atom stereocenters. The monoisotopic (exact) mass is 639 g/mol. The van der Waals surface area contributed by atoms with E-state index < -0.39 is 5.41 Å². The van der Waals surface area contributed by atoms with Gasteiger partial charge in [-0.3, -0.25) is 0 Å². The van der Waals surface area contributed by atoms with Gasteiger partial charge in [-0.25, -0.2) is 15.0 Å². The van der Waals surface area contributed by atoms with Crippen molar-refractivity contribution in [2.45, 2.75) is 5.41 Å². The molecule has 0 saturated heterocycles. The molecule has 0 bridgehead atoms. The molecule has 0 radical (unpaired) electrons. The lowest BCUT2D eigenvalue weighted by molar-refractivity contribution is 0.436. The lowest BCUT2D eigenvalue weighted by atomic mass is 9.66. The van der Waals surface area contributed by atoms with Gasteiger partial charge in [-0.15, -0.1) is 0 Å². The van der Waals surface area contributed by atoms with Gasteiger partial charge < -0.3 is 4.74 Å². The molecule has 0 amide bonds. The maximum absolute atomic E-state index is 6.59. The fourth-order valence-electron chi connectivity index (χ4n) is 7.79. The number of hydrogen-bond acceptors (Lipinski definition) is 4. The van der Waals surface area contributed by atoms with Gasteiger partial charge in [-0.1, -0.05) is 152 Å². The van der Waals surface area contributed by atoms with E-state index in [1.54, 1.807) is 0 Å². The molecule has 0 atom stereocenters. The van der Waals surface area contributed by atoms with Gasteiger partial charge in [0.1, 0.15) is 11.5 Å². The van der Waals surface area contributed by atoms with Crippen LogP contribution < -0.4 is 4.74 Å². The molecule has 2 heterocycles. The third-order valence-corrected chi connectivity index (χ3v) is 10.0. The summed E-state index contributed by atoms with van der Waals surface area (Å²) in [5.74, 6) is 3.67. The van der Waals surface area contributed by atoms with Crippen molar-refractivity contribution in [3.8, 4) is 67.9 Å². The third kappa shape index (κ3) is 4.28. The maximum atomic E-state index is 6.59. The van der Waals surface area contributed by atoms with E-state index in [1.807, 2.05) is 60.7 Å². The lowest BCUT2D eigenvalue weighted by Crippen LogP contribution is -2.32. The fourth-order valence-corrected chi connectivity index (χ4v) is 7.79. The Kier molecular flexibility index (Phi) is 6.36. The Bertz CT molecular complexity index is 2460. The number of ether oxygens (including phenoxy) is 1. The largest absolute Gasteiger partial charge is 0.457 e. The van der Waals surface area contributed by atoms with Gasteiger partial charge in [0.05, 0.1) is 5.41 Å². The molecule has 50 heavy (non-hydrogen) atoms. The van der Waals surface area contributed by atoms with Crippen molar-refractivity contribution in [2.75, 3.05) is 0 Å². The van der Waals surface area contributed by atoms with Gasteiger partial charge in [0.15, 0.2) is 17.5 Å². The van der Waals surface area contributed by atoms with Crippen molar-refractivity contribution in [2.24, 2.45) is 0 Å². The number of para-hydroxylation sites is 2. The van der Waals surface area contributed by atoms with Crippen LogP contribution in [0.5, 0.6) is 11.5 Å². The number of rotatable bonds is 4. The van der Waals surface area contributed by atoms with E-state index in [9.17, 15) is 0 Å². The number of fused-ring (bicyclic) bond motifs is 9. The van der Waals surface area contributed by atoms with Crippen LogP contribution in [-0.4, -0.2) is 15.0 Å². The molecule has 4 heteroatoms. The van der Waals surface area contributed by atoms with Crippen LogP contribution in [0.3, 0.4) is 0 Å². The lowest BCUT2D eigenvalue weighted by Gasteiger charge is -2.39. The minimum absolute atomic E-state index is 0.580. The predicted molar refractivity (Wildman–Crippen MR) is 199 cm³/mol. The molecule has 1 aromatic heterocycles. The number of nitrogens with zero attached hydrogens (tertiary/aromatic N) is 3. The molecule has 8 aromatic rings. The van der Waals surface area contributed by atoms with Crippen LogP contribution >= 0.6 is 0 Å². The molecule has 2 aliphatic rings. The normalized spacial score (nSPS) is 13.1. The second-order valence-electron chi connectivity index (χ2n) is 12.8. The van der Waals surface area contributed by atoms with Crippen molar-refractivity contribution in [3.63, 3.8) is 0 Å². The zero-order valence-corrected chi connectivity index (χ0v) is 27.0. The summed E-state index contributed by atoms with van der Waals surface area (Å²) in [6.07, 6.45) is 0. The second-order valence-corrected chi connectivity index (χ2v) is 12.8. The minimum Gasteiger partial charge on any atom is -0.457 e. The highest BCUT2D eigenvalue weighted by Gasteiger charge is 2.51. The second kappa shape index (κ2) is 11.2. The van der Waals surface area contributed by atoms with Crippen molar-refractivity contribution < 1.29 is 4.74 Å². The Morgan fingerprint density at radius 2 is 0.800 bits per heavy atom. The van der Waals surface area contributed by atoms with Gasteiger partial charge in [0.2, 0.25) is 0 Å². The van der Waals surface area contributed by atoms with Gasteiger partial charge in [-0.2, -0.15) is 0 Å². The van der Waals surface area contributed by atoms with Crippen LogP contribution in [0.2, 0.25) is 0 Å². The zero-order valence-electron chi connectivity index (χ0n) is 27.0. The first kappa shape index (κ1) is 28.4. The van der Waals surface area contributed by atoms with Gasteiger partial charge >= 0.3 is 0 Å². The van der Waals surface area contributed by atoms with Crippen LogP contribution in [0.25, 0.3) is 56.4 Å². The average molecular weight is 640 g/mol. The molecular formula is C46H29N3O. The summed E-state index contributed by atoms with van der Waals surface area (Å²) in [5.41, 5.74) is 11.7. The average Bonchev–Trinajstić information content (AvgIpc) is 3.48. The van der Waals surface area contributed by atoms with Gasteiger partial charge in [0, 0.05) is 27.8 Å². The van der Waals surface area contributed by atoms with E-state index in [1.165, 1.54) is 27.8 Å². The number of benzene rings is 7. The summed E-state index contributed by atoms with van der Waals surface area (Å²) in [5, 5.41) is 0. The predicted octanol–water partition coefficient (Wildman–Crippen LogP) is 11.0. The van der Waals surface area contributed by atoms with Crippen LogP contribution in [0, 0.1) is 0 Å². The van der Waals surface area contributed by atoms with Crippen LogP contribution in [0.4, 0.5) is 0 Å². The fraction of sp³-hybridized carbons (Fsp3) is 0.0217. The zero-order chi connectivity index (χ0) is 33.1. The minimum atomic E-state index is -0.580. The van der Waals surface area contributed by atoms with Crippen LogP contribution in [0.15, 0.2) is 176 Å². The van der Waals surface area contributed by atoms with Gasteiger partial charge in [-0.05, 0) is 57.6 Å². The van der Waals surface area contributed by atoms with E-state index in [0.717, 1.165) is 44.9 Å². The summed E-state index contributed by atoms with van der Waals surface area (Å²) >= 11 is 0. The SMILES string of the molecule is c1ccc(-c2ccc3c(c2)C2(c4ccccc4Oc4ccccc42)c2ccc(-c4nc(-c5ccccc5)nc(-c5ccccc5)n4)cc2-3)cc1. The topological polar surface area (TPSA) is 47.9 Å². The highest BCUT2D eigenvalue weighted by atomic mass is 16.5. The van der Waals surface area contributed by atoms with E-state index in [2.05, 4.69) is 115 Å². The molecule has 0 saturated carbocycles. The molecule has 0 fully saturated rings. The van der Waals surface area contributed by atoms with E-state index in [4.69, 9.17) is 19.7 Å². The summed E-state index contributed by atoms with van der Waals surface area (Å²) in [6, 6.07) is 61.4. The molecule has 1 spiro atoms. The Morgan fingerprint density at radius 1 is 0.320 bits per heavy atom. The maximum Gasteiger partial charge on any atom is 0.164 e. The van der Waals surface area contributed by atoms with Crippen LogP contribution in [-0.2, 0) is 5.41 Å². The quantitative estimate of drug-likeness (QED) is 0.192. The molecule has 0 N–H and O–H groups in total. The molecule has 4 nitrogen and oxygen atoms in total. The first-order chi connectivity index (χ1) is 24.8. The van der Waals surface area contributed by atoms with Crippen LogP contribution in [0.1, 0.15) is 22.3 Å². The Morgan fingerprint density at radius 3 is 1.38 bits per heavy atom. The van der Waals surface area contributed by atoms with Crippen molar-refractivity contribution in [1.82, 2.24) is 15.0 Å². The van der Waals surface area contributed by atoms with E-state index >= 15 is 0 Å². The first-order valence-electron chi connectivity index (χ1n) is 16.9. The molecule has 1 aliphatic carbocycles. The smallest absolute Gasteiger partial charge is 0.164 e. The first-order valence-corrected chi connectivity index (χ1v) is 16.9. The molecule has 1 aliphatic heterocycles. The van der Waals surface area contributed by atoms with Gasteiger partial charge in [0.25, 0.3) is 0 Å². The Hall–Kier alpha value is -6.65. The Balaban J connectivity index is 1.24. The number of hydrogen-bond donors (Lipinski definition) is 0.